The first-order chi connectivity index (χ1) is 10.1. The van der Waals surface area contributed by atoms with Gasteiger partial charge < -0.3 is 15.8 Å². The van der Waals surface area contributed by atoms with Crippen LogP contribution in [0.3, 0.4) is 0 Å². The lowest BCUT2D eigenvalue weighted by molar-refractivity contribution is -0.118. The number of carbonyl (C=O) groups excluding carboxylic acids is 1. The van der Waals surface area contributed by atoms with Crippen LogP contribution in [0.15, 0.2) is 42.5 Å². The SMILES string of the molecule is CCc1cccc(OCC(=O)Nc2ccc(C)c(N)c2)c1. The Morgan fingerprint density at radius 2 is 2.05 bits per heavy atom. The molecule has 0 heterocycles. The molecule has 0 fully saturated rings. The molecule has 0 saturated carbocycles. The smallest absolute Gasteiger partial charge is 0.262 e. The van der Waals surface area contributed by atoms with Crippen molar-refractivity contribution in [3.8, 4) is 5.75 Å². The van der Waals surface area contributed by atoms with Gasteiger partial charge in [0.1, 0.15) is 5.75 Å². The fourth-order valence-corrected chi connectivity index (χ4v) is 1.92. The Kier molecular flexibility index (Phi) is 4.82. The van der Waals surface area contributed by atoms with Gasteiger partial charge in [0, 0.05) is 11.4 Å². The Labute approximate surface area is 124 Å². The summed E-state index contributed by atoms with van der Waals surface area (Å²) in [5, 5.41) is 2.76. The topological polar surface area (TPSA) is 64.3 Å². The van der Waals surface area contributed by atoms with Crippen molar-refractivity contribution in [1.82, 2.24) is 0 Å². The maximum Gasteiger partial charge on any atom is 0.262 e. The fourth-order valence-electron chi connectivity index (χ4n) is 1.92. The highest BCUT2D eigenvalue weighted by Crippen LogP contribution is 2.17. The number of nitrogens with two attached hydrogens (primary N) is 1. The number of aryl methyl sites for hydroxylation is 2. The molecule has 4 nitrogen and oxygen atoms in total. The molecule has 0 aliphatic heterocycles. The molecule has 0 atom stereocenters. The standard InChI is InChI=1S/C17H20N2O2/c1-3-13-5-4-6-15(9-13)21-11-17(20)19-14-8-7-12(2)16(18)10-14/h4-10H,3,11,18H2,1-2H3,(H,19,20). The number of rotatable bonds is 5. The van der Waals surface area contributed by atoms with Gasteiger partial charge in [-0.3, -0.25) is 4.79 Å². The van der Waals surface area contributed by atoms with Gasteiger partial charge in [-0.15, -0.1) is 0 Å². The molecule has 0 bridgehead atoms. The molecule has 0 radical (unpaired) electrons. The number of carbonyl (C=O) groups is 1. The van der Waals surface area contributed by atoms with E-state index in [0.717, 1.165) is 12.0 Å². The van der Waals surface area contributed by atoms with Gasteiger partial charge in [0.15, 0.2) is 6.61 Å². The van der Waals surface area contributed by atoms with Gasteiger partial charge in [-0.05, 0) is 48.7 Å². The molecule has 0 aliphatic rings. The van der Waals surface area contributed by atoms with E-state index in [2.05, 4.69) is 12.2 Å². The van der Waals surface area contributed by atoms with Crippen LogP contribution in [0.4, 0.5) is 11.4 Å². The maximum absolute atomic E-state index is 11.9. The molecular weight excluding hydrogens is 264 g/mol. The summed E-state index contributed by atoms with van der Waals surface area (Å²) < 4.78 is 5.49. The van der Waals surface area contributed by atoms with Crippen molar-refractivity contribution in [2.45, 2.75) is 20.3 Å². The molecular formula is C17H20N2O2. The van der Waals surface area contributed by atoms with Crippen molar-refractivity contribution >= 4 is 17.3 Å². The highest BCUT2D eigenvalue weighted by Gasteiger charge is 2.05. The summed E-state index contributed by atoms with van der Waals surface area (Å²) in [7, 11) is 0. The summed E-state index contributed by atoms with van der Waals surface area (Å²) in [6, 6.07) is 13.2. The zero-order valence-electron chi connectivity index (χ0n) is 12.3. The molecule has 2 aromatic rings. The molecule has 2 rings (SSSR count). The molecule has 0 unspecified atom stereocenters. The summed E-state index contributed by atoms with van der Waals surface area (Å²) in [4.78, 5) is 11.9. The van der Waals surface area contributed by atoms with Crippen LogP contribution in [0, 0.1) is 6.92 Å². The molecule has 2 aromatic carbocycles. The van der Waals surface area contributed by atoms with Crippen LogP contribution >= 0.6 is 0 Å². The van der Waals surface area contributed by atoms with Crippen molar-refractivity contribution in [2.75, 3.05) is 17.7 Å². The number of nitrogens with one attached hydrogen (secondary N) is 1. The molecule has 0 aromatic heterocycles. The van der Waals surface area contributed by atoms with Crippen LogP contribution < -0.4 is 15.8 Å². The minimum Gasteiger partial charge on any atom is -0.484 e. The molecule has 0 saturated heterocycles. The molecule has 0 spiro atoms. The van der Waals surface area contributed by atoms with E-state index < -0.39 is 0 Å². The monoisotopic (exact) mass is 284 g/mol. The van der Waals surface area contributed by atoms with E-state index in [1.807, 2.05) is 43.3 Å². The maximum atomic E-state index is 11.9. The molecule has 1 amide bonds. The van der Waals surface area contributed by atoms with Crippen LogP contribution in [0.2, 0.25) is 0 Å². The summed E-state index contributed by atoms with van der Waals surface area (Å²) >= 11 is 0. The zero-order chi connectivity index (χ0) is 15.2. The van der Waals surface area contributed by atoms with Crippen LogP contribution in [0.25, 0.3) is 0 Å². The number of ether oxygens (including phenoxy) is 1. The minimum atomic E-state index is -0.208. The Bertz CT molecular complexity index is 638. The van der Waals surface area contributed by atoms with Crippen LogP contribution in [-0.4, -0.2) is 12.5 Å². The normalized spacial score (nSPS) is 10.2. The molecule has 110 valence electrons. The number of nitrogen functional groups attached to an aromatic ring is 1. The molecule has 0 aliphatic carbocycles. The quantitative estimate of drug-likeness (QED) is 0.829. The second kappa shape index (κ2) is 6.79. The van der Waals surface area contributed by atoms with Crippen LogP contribution in [0.1, 0.15) is 18.1 Å². The van der Waals surface area contributed by atoms with Crippen LogP contribution in [0.5, 0.6) is 5.75 Å². The number of hydrogen-bond donors (Lipinski definition) is 2. The van der Waals surface area contributed by atoms with Crippen LogP contribution in [-0.2, 0) is 11.2 Å². The number of amides is 1. The van der Waals surface area contributed by atoms with E-state index in [1.54, 1.807) is 6.07 Å². The third kappa shape index (κ3) is 4.24. The molecule has 4 heteroatoms. The van der Waals surface area contributed by atoms with E-state index in [9.17, 15) is 4.79 Å². The number of benzene rings is 2. The summed E-state index contributed by atoms with van der Waals surface area (Å²) in [6.45, 7) is 3.97. The van der Waals surface area contributed by atoms with Gasteiger partial charge >= 0.3 is 0 Å². The number of hydrogen-bond acceptors (Lipinski definition) is 3. The number of anilines is 2. The highest BCUT2D eigenvalue weighted by atomic mass is 16.5. The Hall–Kier alpha value is -2.49. The van der Waals surface area contributed by atoms with E-state index in [1.165, 1.54) is 5.56 Å². The van der Waals surface area contributed by atoms with Gasteiger partial charge in [0.25, 0.3) is 5.91 Å². The first kappa shape index (κ1) is 14.9. The predicted molar refractivity (Wildman–Crippen MR) is 85.5 cm³/mol. The summed E-state index contributed by atoms with van der Waals surface area (Å²) in [5.74, 6) is 0.494. The van der Waals surface area contributed by atoms with Gasteiger partial charge in [0.05, 0.1) is 0 Å². The summed E-state index contributed by atoms with van der Waals surface area (Å²) in [5.41, 5.74) is 9.31. The second-order valence-corrected chi connectivity index (χ2v) is 4.91. The van der Waals surface area contributed by atoms with E-state index in [4.69, 9.17) is 10.5 Å². The third-order valence-electron chi connectivity index (χ3n) is 3.24. The van der Waals surface area contributed by atoms with Gasteiger partial charge in [-0.2, -0.15) is 0 Å². The average Bonchev–Trinajstić information content (AvgIpc) is 2.49. The average molecular weight is 284 g/mol. The predicted octanol–water partition coefficient (Wildman–Crippen LogP) is 3.16. The molecule has 3 N–H and O–H groups in total. The Morgan fingerprint density at radius 3 is 2.76 bits per heavy atom. The lowest BCUT2D eigenvalue weighted by Gasteiger charge is -2.09. The van der Waals surface area contributed by atoms with Gasteiger partial charge in [-0.25, -0.2) is 0 Å². The van der Waals surface area contributed by atoms with Gasteiger partial charge in [0.2, 0.25) is 0 Å². The lowest BCUT2D eigenvalue weighted by atomic mass is 10.2. The first-order valence-electron chi connectivity index (χ1n) is 6.96. The van der Waals surface area contributed by atoms with Gasteiger partial charge in [-0.1, -0.05) is 25.1 Å². The zero-order valence-corrected chi connectivity index (χ0v) is 12.3. The van der Waals surface area contributed by atoms with Crippen molar-refractivity contribution in [3.63, 3.8) is 0 Å². The Morgan fingerprint density at radius 1 is 1.24 bits per heavy atom. The highest BCUT2D eigenvalue weighted by molar-refractivity contribution is 5.92. The lowest BCUT2D eigenvalue weighted by Crippen LogP contribution is -2.20. The summed E-state index contributed by atoms with van der Waals surface area (Å²) in [6.07, 6.45) is 0.937. The minimum absolute atomic E-state index is 0.0268. The Balaban J connectivity index is 1.91. The fraction of sp³-hybridized carbons (Fsp3) is 0.235. The van der Waals surface area contributed by atoms with E-state index >= 15 is 0 Å². The third-order valence-corrected chi connectivity index (χ3v) is 3.24. The first-order valence-corrected chi connectivity index (χ1v) is 6.96. The van der Waals surface area contributed by atoms with E-state index in [0.29, 0.717) is 17.1 Å². The van der Waals surface area contributed by atoms with Crippen molar-refractivity contribution < 1.29 is 9.53 Å². The largest absolute Gasteiger partial charge is 0.484 e. The molecule has 21 heavy (non-hydrogen) atoms. The van der Waals surface area contributed by atoms with Crippen molar-refractivity contribution in [1.29, 1.82) is 0 Å². The van der Waals surface area contributed by atoms with Crippen molar-refractivity contribution in [3.05, 3.63) is 53.6 Å². The van der Waals surface area contributed by atoms with E-state index in [-0.39, 0.29) is 12.5 Å². The van der Waals surface area contributed by atoms with Crippen molar-refractivity contribution in [2.24, 2.45) is 0 Å². The second-order valence-electron chi connectivity index (χ2n) is 4.91.